The van der Waals surface area contributed by atoms with E-state index < -0.39 is 5.97 Å². The molecule has 2 aromatic carbocycles. The van der Waals surface area contributed by atoms with Crippen LogP contribution in [0.2, 0.25) is 5.02 Å². The maximum atomic E-state index is 10.7. The lowest BCUT2D eigenvalue weighted by Crippen LogP contribution is -2.16. The normalized spacial score (nSPS) is 11.5. The number of para-hydroxylation sites is 1. The van der Waals surface area contributed by atoms with Crippen LogP contribution in [0.25, 0.3) is 6.08 Å². The van der Waals surface area contributed by atoms with Gasteiger partial charge in [-0.25, -0.2) is 4.79 Å². The molecular formula is C21H23ClO4. The van der Waals surface area contributed by atoms with Crippen LogP contribution in [-0.4, -0.2) is 24.3 Å². The van der Waals surface area contributed by atoms with Crippen molar-refractivity contribution in [1.29, 1.82) is 0 Å². The van der Waals surface area contributed by atoms with Crippen molar-refractivity contribution in [3.05, 3.63) is 64.7 Å². The summed E-state index contributed by atoms with van der Waals surface area (Å²) in [6.45, 7) is 7.12. The molecule has 0 aliphatic carbocycles. The van der Waals surface area contributed by atoms with E-state index in [9.17, 15) is 4.79 Å². The summed E-state index contributed by atoms with van der Waals surface area (Å²) in [5.74, 6) is 0.364. The Kier molecular flexibility index (Phi) is 6.70. The molecule has 0 fully saturated rings. The minimum atomic E-state index is -1.03. The average molecular weight is 375 g/mol. The predicted octanol–water partition coefficient (Wildman–Crippen LogP) is 5.19. The van der Waals surface area contributed by atoms with E-state index in [1.807, 2.05) is 18.2 Å². The second-order valence-electron chi connectivity index (χ2n) is 6.80. The van der Waals surface area contributed by atoms with Crippen molar-refractivity contribution in [2.75, 3.05) is 13.2 Å². The number of ether oxygens (including phenoxy) is 2. The summed E-state index contributed by atoms with van der Waals surface area (Å²) in [7, 11) is 0. The molecule has 2 aromatic rings. The highest BCUT2D eigenvalue weighted by Gasteiger charge is 2.18. The smallest absolute Gasteiger partial charge is 0.328 e. The van der Waals surface area contributed by atoms with Gasteiger partial charge in [0, 0.05) is 16.7 Å². The van der Waals surface area contributed by atoms with Gasteiger partial charge in [-0.1, -0.05) is 50.6 Å². The highest BCUT2D eigenvalue weighted by molar-refractivity contribution is 6.30. The minimum Gasteiger partial charge on any atom is -0.490 e. The standard InChI is InChI=1S/C21H23ClO4/c1-21(2,3)17-6-4-5-7-19(17)26-13-12-25-18-10-9-16(22)14-15(18)8-11-20(23)24/h4-11,14H,12-13H2,1-3H3,(H,23,24). The van der Waals surface area contributed by atoms with Crippen LogP contribution in [0, 0.1) is 0 Å². The monoisotopic (exact) mass is 374 g/mol. The molecule has 0 saturated heterocycles. The second kappa shape index (κ2) is 8.77. The molecule has 0 aliphatic heterocycles. The van der Waals surface area contributed by atoms with E-state index in [1.54, 1.807) is 18.2 Å². The van der Waals surface area contributed by atoms with E-state index in [4.69, 9.17) is 26.2 Å². The van der Waals surface area contributed by atoms with Crippen molar-refractivity contribution >= 4 is 23.6 Å². The fourth-order valence-corrected chi connectivity index (χ4v) is 2.64. The fraction of sp³-hybridized carbons (Fsp3) is 0.286. The zero-order valence-corrected chi connectivity index (χ0v) is 15.9. The summed E-state index contributed by atoms with van der Waals surface area (Å²) in [6.07, 6.45) is 2.51. The van der Waals surface area contributed by atoms with E-state index in [1.165, 1.54) is 6.08 Å². The van der Waals surface area contributed by atoms with Gasteiger partial charge in [-0.3, -0.25) is 0 Å². The number of hydrogen-bond donors (Lipinski definition) is 1. The Bertz CT molecular complexity index is 791. The third kappa shape index (κ3) is 5.81. The van der Waals surface area contributed by atoms with E-state index >= 15 is 0 Å². The first-order valence-corrected chi connectivity index (χ1v) is 8.71. The molecule has 0 unspecified atom stereocenters. The minimum absolute atomic E-state index is 0.0115. The summed E-state index contributed by atoms with van der Waals surface area (Å²) in [4.78, 5) is 10.7. The number of carboxylic acids is 1. The Hall–Kier alpha value is -2.46. The first-order valence-electron chi connectivity index (χ1n) is 8.33. The summed E-state index contributed by atoms with van der Waals surface area (Å²) in [5.41, 5.74) is 1.73. The summed E-state index contributed by atoms with van der Waals surface area (Å²) >= 11 is 5.97. The van der Waals surface area contributed by atoms with Crippen molar-refractivity contribution in [2.45, 2.75) is 26.2 Å². The van der Waals surface area contributed by atoms with Crippen LogP contribution in [0.4, 0.5) is 0 Å². The molecule has 1 N–H and O–H groups in total. The second-order valence-corrected chi connectivity index (χ2v) is 7.23. The molecule has 0 heterocycles. The fourth-order valence-electron chi connectivity index (χ4n) is 2.46. The van der Waals surface area contributed by atoms with E-state index in [2.05, 4.69) is 26.8 Å². The van der Waals surface area contributed by atoms with E-state index in [0.29, 0.717) is 29.5 Å². The van der Waals surface area contributed by atoms with Gasteiger partial charge in [-0.15, -0.1) is 0 Å². The van der Waals surface area contributed by atoms with Gasteiger partial charge in [0.25, 0.3) is 0 Å². The zero-order valence-electron chi connectivity index (χ0n) is 15.2. The van der Waals surface area contributed by atoms with Gasteiger partial charge in [0.15, 0.2) is 0 Å². The lowest BCUT2D eigenvalue weighted by Gasteiger charge is -2.22. The van der Waals surface area contributed by atoms with Crippen molar-refractivity contribution in [1.82, 2.24) is 0 Å². The zero-order chi connectivity index (χ0) is 19.2. The van der Waals surface area contributed by atoms with Gasteiger partial charge in [0.2, 0.25) is 0 Å². The quantitative estimate of drug-likeness (QED) is 0.535. The van der Waals surface area contributed by atoms with Crippen LogP contribution >= 0.6 is 11.6 Å². The van der Waals surface area contributed by atoms with Gasteiger partial charge >= 0.3 is 5.97 Å². The van der Waals surface area contributed by atoms with Gasteiger partial charge in [0.05, 0.1) is 0 Å². The van der Waals surface area contributed by atoms with Crippen LogP contribution in [0.15, 0.2) is 48.5 Å². The van der Waals surface area contributed by atoms with Gasteiger partial charge in [-0.2, -0.15) is 0 Å². The van der Waals surface area contributed by atoms with E-state index in [-0.39, 0.29) is 5.41 Å². The van der Waals surface area contributed by atoms with Crippen LogP contribution in [0.3, 0.4) is 0 Å². The maximum absolute atomic E-state index is 10.7. The van der Waals surface area contributed by atoms with Crippen LogP contribution in [0.5, 0.6) is 11.5 Å². The molecule has 26 heavy (non-hydrogen) atoms. The molecule has 5 heteroatoms. The van der Waals surface area contributed by atoms with Crippen molar-refractivity contribution in [3.8, 4) is 11.5 Å². The van der Waals surface area contributed by atoms with Crippen molar-refractivity contribution in [2.24, 2.45) is 0 Å². The highest BCUT2D eigenvalue weighted by atomic mass is 35.5. The Morgan fingerprint density at radius 3 is 2.38 bits per heavy atom. The molecule has 0 aromatic heterocycles. The summed E-state index contributed by atoms with van der Waals surface area (Å²) in [5, 5.41) is 9.30. The third-order valence-electron chi connectivity index (χ3n) is 3.67. The number of halogens is 1. The predicted molar refractivity (Wildman–Crippen MR) is 104 cm³/mol. The van der Waals surface area contributed by atoms with Gasteiger partial charge in [0.1, 0.15) is 24.7 Å². The number of benzene rings is 2. The van der Waals surface area contributed by atoms with Gasteiger partial charge in [-0.05, 0) is 41.3 Å². The number of hydrogen-bond acceptors (Lipinski definition) is 3. The Balaban J connectivity index is 2.00. The number of aliphatic carboxylic acids is 1. The van der Waals surface area contributed by atoms with Crippen LogP contribution < -0.4 is 9.47 Å². The number of carbonyl (C=O) groups is 1. The number of rotatable bonds is 7. The molecule has 4 nitrogen and oxygen atoms in total. The topological polar surface area (TPSA) is 55.8 Å². The molecule has 0 atom stereocenters. The lowest BCUT2D eigenvalue weighted by molar-refractivity contribution is -0.131. The van der Waals surface area contributed by atoms with E-state index in [0.717, 1.165) is 17.4 Å². The Morgan fingerprint density at radius 1 is 1.08 bits per heavy atom. The molecule has 0 aliphatic rings. The summed E-state index contributed by atoms with van der Waals surface area (Å²) in [6, 6.07) is 13.0. The third-order valence-corrected chi connectivity index (χ3v) is 3.91. The molecule has 0 bridgehead atoms. The first-order chi connectivity index (χ1) is 12.3. The van der Waals surface area contributed by atoms with Crippen LogP contribution in [-0.2, 0) is 10.2 Å². The van der Waals surface area contributed by atoms with Crippen LogP contribution in [0.1, 0.15) is 31.9 Å². The number of carboxylic acid groups (broad SMARTS) is 1. The van der Waals surface area contributed by atoms with Crippen molar-refractivity contribution < 1.29 is 19.4 Å². The Labute approximate surface area is 159 Å². The molecule has 0 amide bonds. The molecule has 0 spiro atoms. The molecule has 2 rings (SSSR count). The van der Waals surface area contributed by atoms with Gasteiger partial charge < -0.3 is 14.6 Å². The maximum Gasteiger partial charge on any atom is 0.328 e. The molecule has 0 saturated carbocycles. The largest absolute Gasteiger partial charge is 0.490 e. The highest BCUT2D eigenvalue weighted by Crippen LogP contribution is 2.31. The molecule has 138 valence electrons. The first kappa shape index (κ1) is 19.9. The average Bonchev–Trinajstić information content (AvgIpc) is 2.57. The SMILES string of the molecule is CC(C)(C)c1ccccc1OCCOc1ccc(Cl)cc1C=CC(=O)O. The lowest BCUT2D eigenvalue weighted by atomic mass is 9.86. The van der Waals surface area contributed by atoms with Crippen molar-refractivity contribution in [3.63, 3.8) is 0 Å². The summed E-state index contributed by atoms with van der Waals surface area (Å²) < 4.78 is 11.6. The Morgan fingerprint density at radius 2 is 1.73 bits per heavy atom. The molecular weight excluding hydrogens is 352 g/mol. The molecule has 0 radical (unpaired) electrons.